The van der Waals surface area contributed by atoms with E-state index in [2.05, 4.69) is 15.2 Å². The second-order valence-corrected chi connectivity index (χ2v) is 7.10. The standard InChI is InChI=1S/C21H28N4O3/c1-27-18-9-17(10-19(11-18)28-2)21(26)24-12-15-5-4-8-25(13-15)14-16-6-3-7-23-20(16)22/h3,6-7,9-11,15H,4-5,8,12-14H2,1-2H3,(H2,22,23)(H,24,26)/t15-/m0/s1. The lowest BCUT2D eigenvalue weighted by atomic mass is 9.97. The van der Waals surface area contributed by atoms with E-state index >= 15 is 0 Å². The van der Waals surface area contributed by atoms with Crippen molar-refractivity contribution in [3.63, 3.8) is 0 Å². The van der Waals surface area contributed by atoms with Crippen molar-refractivity contribution in [1.29, 1.82) is 0 Å². The Bertz CT molecular complexity index is 790. The lowest BCUT2D eigenvalue weighted by Crippen LogP contribution is -2.40. The molecular formula is C21H28N4O3. The molecule has 0 spiro atoms. The molecule has 0 saturated carbocycles. The van der Waals surface area contributed by atoms with Gasteiger partial charge in [0, 0.05) is 43.0 Å². The van der Waals surface area contributed by atoms with Crippen LogP contribution < -0.4 is 20.5 Å². The maximum Gasteiger partial charge on any atom is 0.251 e. The first kappa shape index (κ1) is 19.9. The van der Waals surface area contributed by atoms with Gasteiger partial charge < -0.3 is 20.5 Å². The number of hydrogen-bond donors (Lipinski definition) is 2. The fourth-order valence-corrected chi connectivity index (χ4v) is 3.56. The molecule has 0 radical (unpaired) electrons. The van der Waals surface area contributed by atoms with Crippen LogP contribution in [0.25, 0.3) is 0 Å². The first-order valence-electron chi connectivity index (χ1n) is 9.52. The summed E-state index contributed by atoms with van der Waals surface area (Å²) >= 11 is 0. The topological polar surface area (TPSA) is 89.7 Å². The number of amides is 1. The number of nitrogens with zero attached hydrogens (tertiary/aromatic N) is 2. The second kappa shape index (κ2) is 9.41. The highest BCUT2D eigenvalue weighted by Crippen LogP contribution is 2.23. The Morgan fingerprint density at radius 3 is 2.71 bits per heavy atom. The number of rotatable bonds is 7. The molecule has 0 unspecified atom stereocenters. The van der Waals surface area contributed by atoms with Crippen LogP contribution in [0, 0.1) is 5.92 Å². The summed E-state index contributed by atoms with van der Waals surface area (Å²) in [6.07, 6.45) is 3.91. The zero-order chi connectivity index (χ0) is 19.9. The summed E-state index contributed by atoms with van der Waals surface area (Å²) in [5.41, 5.74) is 7.55. The summed E-state index contributed by atoms with van der Waals surface area (Å²) in [6, 6.07) is 9.12. The summed E-state index contributed by atoms with van der Waals surface area (Å²) in [5.74, 6) is 2.07. The number of likely N-dealkylation sites (tertiary alicyclic amines) is 1. The molecular weight excluding hydrogens is 356 g/mol. The number of nitrogen functional groups attached to an aromatic ring is 1. The van der Waals surface area contributed by atoms with Crippen LogP contribution >= 0.6 is 0 Å². The Morgan fingerprint density at radius 1 is 1.29 bits per heavy atom. The minimum absolute atomic E-state index is 0.120. The molecule has 1 fully saturated rings. The Kier molecular flexibility index (Phi) is 6.71. The predicted octanol–water partition coefficient (Wildman–Crippen LogP) is 2.32. The zero-order valence-corrected chi connectivity index (χ0v) is 16.5. The summed E-state index contributed by atoms with van der Waals surface area (Å²) in [4.78, 5) is 19.1. The molecule has 1 aromatic heterocycles. The number of carbonyl (C=O) groups excluding carboxylic acids is 1. The normalized spacial score (nSPS) is 17.1. The fourth-order valence-electron chi connectivity index (χ4n) is 3.56. The highest BCUT2D eigenvalue weighted by atomic mass is 16.5. The van der Waals surface area contributed by atoms with E-state index in [9.17, 15) is 4.79 Å². The molecule has 150 valence electrons. The molecule has 1 aliphatic rings. The smallest absolute Gasteiger partial charge is 0.251 e. The van der Waals surface area contributed by atoms with Gasteiger partial charge in [-0.05, 0) is 43.5 Å². The molecule has 3 rings (SSSR count). The summed E-state index contributed by atoms with van der Waals surface area (Å²) in [5, 5.41) is 3.05. The average molecular weight is 384 g/mol. The van der Waals surface area contributed by atoms with Crippen LogP contribution in [0.1, 0.15) is 28.8 Å². The van der Waals surface area contributed by atoms with Crippen molar-refractivity contribution in [2.45, 2.75) is 19.4 Å². The largest absolute Gasteiger partial charge is 0.497 e. The van der Waals surface area contributed by atoms with E-state index < -0.39 is 0 Å². The minimum Gasteiger partial charge on any atom is -0.497 e. The molecule has 2 heterocycles. The van der Waals surface area contributed by atoms with Gasteiger partial charge in [-0.25, -0.2) is 4.98 Å². The summed E-state index contributed by atoms with van der Waals surface area (Å²) in [6.45, 7) is 3.39. The quantitative estimate of drug-likeness (QED) is 0.762. The SMILES string of the molecule is COc1cc(OC)cc(C(=O)NC[C@@H]2CCCN(Cc3cccnc3N)C2)c1. The van der Waals surface area contributed by atoms with Crippen molar-refractivity contribution in [2.24, 2.45) is 5.92 Å². The number of ether oxygens (including phenoxy) is 2. The van der Waals surface area contributed by atoms with Gasteiger partial charge in [-0.2, -0.15) is 0 Å². The highest BCUT2D eigenvalue weighted by molar-refractivity contribution is 5.95. The number of benzene rings is 1. The van der Waals surface area contributed by atoms with E-state index in [1.54, 1.807) is 38.6 Å². The van der Waals surface area contributed by atoms with Crippen LogP contribution in [-0.2, 0) is 6.54 Å². The van der Waals surface area contributed by atoms with Crippen LogP contribution in [0.4, 0.5) is 5.82 Å². The number of piperidine rings is 1. The fraction of sp³-hybridized carbons (Fsp3) is 0.429. The number of hydrogen-bond acceptors (Lipinski definition) is 6. The molecule has 1 aliphatic heterocycles. The molecule has 1 amide bonds. The molecule has 7 heteroatoms. The summed E-state index contributed by atoms with van der Waals surface area (Å²) < 4.78 is 10.5. The summed E-state index contributed by atoms with van der Waals surface area (Å²) in [7, 11) is 3.14. The van der Waals surface area contributed by atoms with E-state index in [-0.39, 0.29) is 5.91 Å². The van der Waals surface area contributed by atoms with Gasteiger partial charge in [0.15, 0.2) is 0 Å². The zero-order valence-electron chi connectivity index (χ0n) is 16.5. The van der Waals surface area contributed by atoms with Crippen LogP contribution in [-0.4, -0.2) is 49.6 Å². The molecule has 1 saturated heterocycles. The van der Waals surface area contributed by atoms with Crippen molar-refractivity contribution >= 4 is 11.7 Å². The maximum absolute atomic E-state index is 12.6. The Labute approximate surface area is 165 Å². The first-order valence-corrected chi connectivity index (χ1v) is 9.52. The number of aromatic nitrogens is 1. The molecule has 2 aromatic rings. The third-order valence-electron chi connectivity index (χ3n) is 5.09. The van der Waals surface area contributed by atoms with Gasteiger partial charge in [0.1, 0.15) is 17.3 Å². The number of pyridine rings is 1. The number of carbonyl (C=O) groups is 1. The van der Waals surface area contributed by atoms with Crippen molar-refractivity contribution in [3.05, 3.63) is 47.7 Å². The predicted molar refractivity (Wildman–Crippen MR) is 109 cm³/mol. The molecule has 28 heavy (non-hydrogen) atoms. The minimum atomic E-state index is -0.120. The van der Waals surface area contributed by atoms with Gasteiger partial charge >= 0.3 is 0 Å². The van der Waals surface area contributed by atoms with E-state index in [1.165, 1.54) is 0 Å². The molecule has 1 atom stereocenters. The second-order valence-electron chi connectivity index (χ2n) is 7.10. The van der Waals surface area contributed by atoms with E-state index in [0.29, 0.717) is 35.3 Å². The van der Waals surface area contributed by atoms with Gasteiger partial charge in [-0.1, -0.05) is 6.07 Å². The van der Waals surface area contributed by atoms with Gasteiger partial charge in [0.2, 0.25) is 0 Å². The molecule has 0 bridgehead atoms. The molecule has 0 aliphatic carbocycles. The number of methoxy groups -OCH3 is 2. The van der Waals surface area contributed by atoms with Crippen molar-refractivity contribution in [1.82, 2.24) is 15.2 Å². The van der Waals surface area contributed by atoms with Gasteiger partial charge in [0.05, 0.1) is 14.2 Å². The monoisotopic (exact) mass is 384 g/mol. The van der Waals surface area contributed by atoms with Crippen LogP contribution in [0.15, 0.2) is 36.5 Å². The van der Waals surface area contributed by atoms with Crippen LogP contribution in [0.3, 0.4) is 0 Å². The van der Waals surface area contributed by atoms with Crippen molar-refractivity contribution in [3.8, 4) is 11.5 Å². The third kappa shape index (κ3) is 5.13. The van der Waals surface area contributed by atoms with Gasteiger partial charge in [-0.15, -0.1) is 0 Å². The highest BCUT2D eigenvalue weighted by Gasteiger charge is 2.21. The van der Waals surface area contributed by atoms with E-state index in [0.717, 1.165) is 38.0 Å². The lowest BCUT2D eigenvalue weighted by molar-refractivity contribution is 0.0930. The number of nitrogens with one attached hydrogen (secondary N) is 1. The van der Waals surface area contributed by atoms with Crippen LogP contribution in [0.2, 0.25) is 0 Å². The first-order chi connectivity index (χ1) is 13.6. The Hall–Kier alpha value is -2.80. The van der Waals surface area contributed by atoms with Crippen molar-refractivity contribution in [2.75, 3.05) is 39.6 Å². The molecule has 1 aromatic carbocycles. The molecule has 7 nitrogen and oxygen atoms in total. The maximum atomic E-state index is 12.6. The van der Waals surface area contributed by atoms with E-state index in [4.69, 9.17) is 15.2 Å². The average Bonchev–Trinajstić information content (AvgIpc) is 2.73. The Balaban J connectivity index is 1.55. The van der Waals surface area contributed by atoms with Crippen LogP contribution in [0.5, 0.6) is 11.5 Å². The van der Waals surface area contributed by atoms with Gasteiger partial charge in [0.25, 0.3) is 5.91 Å². The number of anilines is 1. The van der Waals surface area contributed by atoms with E-state index in [1.807, 2.05) is 12.1 Å². The Morgan fingerprint density at radius 2 is 2.04 bits per heavy atom. The molecule has 3 N–H and O–H groups in total. The van der Waals surface area contributed by atoms with Gasteiger partial charge in [-0.3, -0.25) is 9.69 Å². The number of nitrogens with two attached hydrogens (primary N) is 1. The van der Waals surface area contributed by atoms with Crippen molar-refractivity contribution < 1.29 is 14.3 Å². The lowest BCUT2D eigenvalue weighted by Gasteiger charge is -2.33. The third-order valence-corrected chi connectivity index (χ3v) is 5.09.